The highest BCUT2D eigenvalue weighted by molar-refractivity contribution is 6.40. The molecule has 0 saturated heterocycles. The monoisotopic (exact) mass is 272 g/mol. The van der Waals surface area contributed by atoms with Crippen LogP contribution < -0.4 is 5.73 Å². The van der Waals surface area contributed by atoms with E-state index in [1.807, 2.05) is 0 Å². The van der Waals surface area contributed by atoms with E-state index in [-0.39, 0.29) is 0 Å². The van der Waals surface area contributed by atoms with Crippen LogP contribution in [0.5, 0.6) is 0 Å². The first-order chi connectivity index (χ1) is 7.61. The molecule has 16 heavy (non-hydrogen) atoms. The van der Waals surface area contributed by atoms with Crippen LogP contribution in [0.2, 0.25) is 15.1 Å². The average molecular weight is 274 g/mol. The second kappa shape index (κ2) is 4.50. The van der Waals surface area contributed by atoms with Crippen LogP contribution in [-0.2, 0) is 0 Å². The molecule has 0 atom stereocenters. The van der Waals surface area contributed by atoms with E-state index in [9.17, 15) is 0 Å². The van der Waals surface area contributed by atoms with Crippen LogP contribution in [0.25, 0.3) is 11.1 Å². The van der Waals surface area contributed by atoms with Crippen LogP contribution in [0.1, 0.15) is 0 Å². The van der Waals surface area contributed by atoms with E-state index in [4.69, 9.17) is 40.5 Å². The molecule has 0 aliphatic heterocycles. The van der Waals surface area contributed by atoms with Crippen molar-refractivity contribution in [3.05, 3.63) is 45.7 Å². The predicted octanol–water partition coefficient (Wildman–Crippen LogP) is 4.29. The molecule has 1 aromatic carbocycles. The summed E-state index contributed by atoms with van der Waals surface area (Å²) >= 11 is 18.0. The van der Waals surface area contributed by atoms with Gasteiger partial charge in [-0.1, -0.05) is 40.9 Å². The van der Waals surface area contributed by atoms with Crippen molar-refractivity contribution in [2.75, 3.05) is 5.73 Å². The highest BCUT2D eigenvalue weighted by Gasteiger charge is 2.13. The highest BCUT2D eigenvalue weighted by Crippen LogP contribution is 2.39. The minimum atomic E-state index is 0.383. The van der Waals surface area contributed by atoms with Gasteiger partial charge < -0.3 is 5.73 Å². The van der Waals surface area contributed by atoms with Crippen LogP contribution in [0.15, 0.2) is 30.6 Å². The average Bonchev–Trinajstić information content (AvgIpc) is 2.24. The fraction of sp³-hybridized carbons (Fsp3) is 0. The summed E-state index contributed by atoms with van der Waals surface area (Å²) < 4.78 is 0. The van der Waals surface area contributed by atoms with Crippen LogP contribution in [0, 0.1) is 0 Å². The minimum absolute atomic E-state index is 0.383. The topological polar surface area (TPSA) is 38.9 Å². The molecule has 1 aromatic heterocycles. The number of benzene rings is 1. The maximum atomic E-state index is 6.08. The van der Waals surface area contributed by atoms with Crippen molar-refractivity contribution < 1.29 is 0 Å². The number of aromatic nitrogens is 1. The smallest absolute Gasteiger partial charge is 0.0824 e. The molecule has 0 aliphatic carbocycles. The van der Waals surface area contributed by atoms with Crippen LogP contribution in [-0.4, -0.2) is 4.98 Å². The van der Waals surface area contributed by atoms with Gasteiger partial charge in [-0.3, -0.25) is 4.98 Å². The van der Waals surface area contributed by atoms with Crippen molar-refractivity contribution in [3.8, 4) is 11.1 Å². The molecule has 0 amide bonds. The van der Waals surface area contributed by atoms with Crippen molar-refractivity contribution in [3.63, 3.8) is 0 Å². The molecule has 2 nitrogen and oxygen atoms in total. The second-order valence-electron chi connectivity index (χ2n) is 3.18. The zero-order valence-corrected chi connectivity index (χ0v) is 10.3. The molecule has 0 unspecified atom stereocenters. The summed E-state index contributed by atoms with van der Waals surface area (Å²) in [5, 5.41) is 1.42. The summed E-state index contributed by atoms with van der Waals surface area (Å²) in [5.41, 5.74) is 7.58. The van der Waals surface area contributed by atoms with Crippen molar-refractivity contribution in [2.24, 2.45) is 0 Å². The lowest BCUT2D eigenvalue weighted by Crippen LogP contribution is -1.93. The van der Waals surface area contributed by atoms with Gasteiger partial charge >= 0.3 is 0 Å². The number of hydrogen-bond acceptors (Lipinski definition) is 2. The summed E-state index contributed by atoms with van der Waals surface area (Å²) in [7, 11) is 0. The summed E-state index contributed by atoms with van der Waals surface area (Å²) in [4.78, 5) is 3.97. The second-order valence-corrected chi connectivity index (χ2v) is 4.40. The zero-order chi connectivity index (χ0) is 11.7. The molecule has 2 rings (SSSR count). The number of hydrogen-bond donors (Lipinski definition) is 1. The number of halogens is 3. The Bertz CT molecular complexity index is 520. The van der Waals surface area contributed by atoms with E-state index < -0.39 is 0 Å². The molecule has 0 saturated carbocycles. The number of rotatable bonds is 1. The maximum absolute atomic E-state index is 6.08. The number of pyridine rings is 1. The summed E-state index contributed by atoms with van der Waals surface area (Å²) in [5.74, 6) is 0. The van der Waals surface area contributed by atoms with E-state index in [0.29, 0.717) is 31.9 Å². The van der Waals surface area contributed by atoms with Crippen LogP contribution in [0.4, 0.5) is 5.69 Å². The van der Waals surface area contributed by atoms with E-state index in [1.54, 1.807) is 24.4 Å². The third-order valence-corrected chi connectivity index (χ3v) is 3.10. The summed E-state index contributed by atoms with van der Waals surface area (Å²) in [6.45, 7) is 0. The van der Waals surface area contributed by atoms with Crippen LogP contribution >= 0.6 is 34.8 Å². The molecular weight excluding hydrogens is 266 g/mol. The number of anilines is 1. The van der Waals surface area contributed by atoms with Gasteiger partial charge in [0.15, 0.2) is 0 Å². The third-order valence-electron chi connectivity index (χ3n) is 2.17. The van der Waals surface area contributed by atoms with Crippen molar-refractivity contribution in [2.45, 2.75) is 0 Å². The maximum Gasteiger partial charge on any atom is 0.0824 e. The van der Waals surface area contributed by atoms with E-state index >= 15 is 0 Å². The first kappa shape index (κ1) is 11.5. The molecule has 2 aromatic rings. The first-order valence-corrected chi connectivity index (χ1v) is 5.58. The molecule has 0 radical (unpaired) electrons. The van der Waals surface area contributed by atoms with Crippen LogP contribution in [0.3, 0.4) is 0 Å². The zero-order valence-electron chi connectivity index (χ0n) is 8.05. The van der Waals surface area contributed by atoms with Crippen molar-refractivity contribution >= 4 is 40.5 Å². The van der Waals surface area contributed by atoms with E-state index in [0.717, 1.165) is 0 Å². The van der Waals surface area contributed by atoms with E-state index in [1.165, 1.54) is 6.20 Å². The molecular formula is C11H7Cl3N2. The van der Waals surface area contributed by atoms with Gasteiger partial charge in [-0.15, -0.1) is 0 Å². The highest BCUT2D eigenvalue weighted by atomic mass is 35.5. The third kappa shape index (κ3) is 1.96. The van der Waals surface area contributed by atoms with Gasteiger partial charge in [0.2, 0.25) is 0 Å². The fourth-order valence-electron chi connectivity index (χ4n) is 1.40. The summed E-state index contributed by atoms with van der Waals surface area (Å²) in [6, 6.07) is 5.24. The molecule has 1 heterocycles. The molecule has 82 valence electrons. The summed E-state index contributed by atoms with van der Waals surface area (Å²) in [6.07, 6.45) is 3.07. The van der Waals surface area contributed by atoms with Gasteiger partial charge in [0.25, 0.3) is 0 Å². The fourth-order valence-corrected chi connectivity index (χ4v) is 2.16. The first-order valence-electron chi connectivity index (χ1n) is 4.44. The van der Waals surface area contributed by atoms with Gasteiger partial charge in [0.05, 0.1) is 20.8 Å². The molecule has 2 N–H and O–H groups in total. The SMILES string of the molecule is Nc1c(Cl)cncc1-c1c(Cl)cccc1Cl. The number of nitrogens with two attached hydrogens (primary N) is 1. The minimum Gasteiger partial charge on any atom is -0.397 e. The van der Waals surface area contributed by atoms with Gasteiger partial charge in [-0.05, 0) is 12.1 Å². The van der Waals surface area contributed by atoms with Gasteiger partial charge in [0.1, 0.15) is 0 Å². The standard InChI is InChI=1S/C11H7Cl3N2/c12-7-2-1-3-8(13)10(7)6-4-16-5-9(14)11(6)15/h1-5H,(H2,15,16). The lowest BCUT2D eigenvalue weighted by atomic mass is 10.1. The lowest BCUT2D eigenvalue weighted by Gasteiger charge is -2.10. The van der Waals surface area contributed by atoms with Gasteiger partial charge in [0, 0.05) is 23.5 Å². The molecule has 5 heteroatoms. The predicted molar refractivity (Wildman–Crippen MR) is 69.1 cm³/mol. The Kier molecular flexibility index (Phi) is 3.24. The van der Waals surface area contributed by atoms with Gasteiger partial charge in [-0.25, -0.2) is 0 Å². The number of nitrogens with zero attached hydrogens (tertiary/aromatic N) is 1. The Hall–Kier alpha value is -0.960. The van der Waals surface area contributed by atoms with E-state index in [2.05, 4.69) is 4.98 Å². The van der Waals surface area contributed by atoms with Crippen molar-refractivity contribution in [1.82, 2.24) is 4.98 Å². The lowest BCUT2D eigenvalue weighted by molar-refractivity contribution is 1.33. The number of nitrogen functional groups attached to an aromatic ring is 1. The largest absolute Gasteiger partial charge is 0.397 e. The normalized spacial score (nSPS) is 10.4. The molecule has 0 spiro atoms. The Morgan fingerprint density at radius 2 is 1.56 bits per heavy atom. The molecule has 0 fully saturated rings. The Labute approximate surface area is 108 Å². The van der Waals surface area contributed by atoms with Gasteiger partial charge in [-0.2, -0.15) is 0 Å². The molecule has 0 aliphatic rings. The quantitative estimate of drug-likeness (QED) is 0.842. The molecule has 0 bridgehead atoms. The Balaban J connectivity index is 2.73. The van der Waals surface area contributed by atoms with Crippen molar-refractivity contribution in [1.29, 1.82) is 0 Å². The Morgan fingerprint density at radius 3 is 2.19 bits per heavy atom. The Morgan fingerprint density at radius 1 is 0.938 bits per heavy atom.